The molecule has 6 nitrogen and oxygen atoms in total. The highest BCUT2D eigenvalue weighted by atomic mass is 19.1. The molecule has 138 valence electrons. The summed E-state index contributed by atoms with van der Waals surface area (Å²) < 4.78 is 28.4. The van der Waals surface area contributed by atoms with Crippen molar-refractivity contribution < 1.29 is 13.6 Å². The highest BCUT2D eigenvalue weighted by Crippen LogP contribution is 2.12. The van der Waals surface area contributed by atoms with Crippen LogP contribution < -0.4 is 16.6 Å². The average molecular weight is 371 g/mol. The second-order valence-corrected chi connectivity index (χ2v) is 5.84. The number of hydrogen-bond donors (Lipinski definition) is 1. The summed E-state index contributed by atoms with van der Waals surface area (Å²) in [5, 5.41) is 2.27. The molecule has 1 aromatic heterocycles. The number of nitrogens with zero attached hydrogens (tertiary/aromatic N) is 2. The van der Waals surface area contributed by atoms with Crippen molar-refractivity contribution in [3.8, 4) is 0 Å². The zero-order chi connectivity index (χ0) is 19.4. The molecule has 3 rings (SSSR count). The van der Waals surface area contributed by atoms with Crippen LogP contribution in [0.5, 0.6) is 0 Å². The molecule has 2 aromatic carbocycles. The Morgan fingerprint density at radius 2 is 1.63 bits per heavy atom. The van der Waals surface area contributed by atoms with Gasteiger partial charge in [-0.3, -0.25) is 18.7 Å². The van der Waals surface area contributed by atoms with E-state index < -0.39 is 35.3 Å². The monoisotopic (exact) mass is 371 g/mol. The number of benzene rings is 2. The van der Waals surface area contributed by atoms with E-state index in [1.165, 1.54) is 16.8 Å². The highest BCUT2D eigenvalue weighted by Gasteiger charge is 2.11. The standard InChI is InChI=1S/C19H15F2N3O3/c20-14-8-15(21)10-16(9-14)22-17(25)12-24-18(26)6-7-23(19(24)27)11-13-4-2-1-3-5-13/h1-10H,11-12H2,(H,22,25). The molecule has 0 fully saturated rings. The predicted molar refractivity (Wildman–Crippen MR) is 95.5 cm³/mol. The first kappa shape index (κ1) is 18.2. The van der Waals surface area contributed by atoms with Gasteiger partial charge in [-0.2, -0.15) is 0 Å². The Bertz CT molecular complexity index is 1070. The van der Waals surface area contributed by atoms with Crippen LogP contribution in [0.2, 0.25) is 0 Å². The first-order valence-electron chi connectivity index (χ1n) is 8.02. The summed E-state index contributed by atoms with van der Waals surface area (Å²) in [7, 11) is 0. The molecule has 1 N–H and O–H groups in total. The molecule has 0 bridgehead atoms. The summed E-state index contributed by atoms with van der Waals surface area (Å²) in [6.45, 7) is -0.345. The Morgan fingerprint density at radius 3 is 2.30 bits per heavy atom. The minimum Gasteiger partial charge on any atom is -0.324 e. The fourth-order valence-corrected chi connectivity index (χ4v) is 2.57. The van der Waals surface area contributed by atoms with E-state index in [2.05, 4.69) is 5.32 Å². The van der Waals surface area contributed by atoms with Gasteiger partial charge >= 0.3 is 5.69 Å². The lowest BCUT2D eigenvalue weighted by atomic mass is 10.2. The smallest absolute Gasteiger partial charge is 0.324 e. The van der Waals surface area contributed by atoms with Gasteiger partial charge in [-0.15, -0.1) is 0 Å². The number of carbonyl (C=O) groups is 1. The third-order valence-corrected chi connectivity index (χ3v) is 3.78. The first-order chi connectivity index (χ1) is 12.9. The zero-order valence-corrected chi connectivity index (χ0v) is 14.1. The summed E-state index contributed by atoms with van der Waals surface area (Å²) in [5.41, 5.74) is -0.563. The molecule has 0 unspecified atom stereocenters. The highest BCUT2D eigenvalue weighted by molar-refractivity contribution is 5.90. The second-order valence-electron chi connectivity index (χ2n) is 5.84. The summed E-state index contributed by atoms with van der Waals surface area (Å²) >= 11 is 0. The van der Waals surface area contributed by atoms with Crippen molar-refractivity contribution in [1.29, 1.82) is 0 Å². The number of rotatable bonds is 5. The van der Waals surface area contributed by atoms with Crippen LogP contribution in [0.25, 0.3) is 0 Å². The Balaban J connectivity index is 1.81. The van der Waals surface area contributed by atoms with Crippen molar-refractivity contribution in [2.45, 2.75) is 13.1 Å². The molecule has 0 aliphatic rings. The summed E-state index contributed by atoms with van der Waals surface area (Å²) in [6.07, 6.45) is 1.36. The SMILES string of the molecule is O=C(Cn1c(=O)ccn(Cc2ccccc2)c1=O)Nc1cc(F)cc(F)c1. The Morgan fingerprint density at radius 1 is 0.963 bits per heavy atom. The molecular formula is C19H15F2N3O3. The van der Waals surface area contributed by atoms with Crippen LogP contribution in [0.1, 0.15) is 5.56 Å². The van der Waals surface area contributed by atoms with Crippen LogP contribution in [-0.4, -0.2) is 15.0 Å². The van der Waals surface area contributed by atoms with Crippen LogP contribution in [0, 0.1) is 11.6 Å². The maximum Gasteiger partial charge on any atom is 0.331 e. The van der Waals surface area contributed by atoms with Crippen LogP contribution in [0.3, 0.4) is 0 Å². The summed E-state index contributed by atoms with van der Waals surface area (Å²) in [5.74, 6) is -2.46. The van der Waals surface area contributed by atoms with Gasteiger partial charge in [0.1, 0.15) is 18.2 Å². The van der Waals surface area contributed by atoms with Gasteiger partial charge in [0.15, 0.2) is 0 Å². The number of nitrogens with one attached hydrogen (secondary N) is 1. The molecule has 3 aromatic rings. The molecule has 1 amide bonds. The van der Waals surface area contributed by atoms with Crippen molar-refractivity contribution >= 4 is 11.6 Å². The average Bonchev–Trinajstić information content (AvgIpc) is 2.61. The third-order valence-electron chi connectivity index (χ3n) is 3.78. The maximum atomic E-state index is 13.2. The van der Waals surface area contributed by atoms with Gasteiger partial charge in [0.25, 0.3) is 5.56 Å². The molecule has 8 heteroatoms. The Labute approximate surface area is 152 Å². The zero-order valence-electron chi connectivity index (χ0n) is 14.1. The maximum absolute atomic E-state index is 13.2. The molecule has 27 heavy (non-hydrogen) atoms. The normalized spacial score (nSPS) is 10.6. The third kappa shape index (κ3) is 4.55. The van der Waals surface area contributed by atoms with Crippen LogP contribution >= 0.6 is 0 Å². The predicted octanol–water partition coefficient (Wildman–Crippen LogP) is 1.98. The van der Waals surface area contributed by atoms with Crippen molar-refractivity contribution in [3.05, 3.63) is 98.8 Å². The lowest BCUT2D eigenvalue weighted by molar-refractivity contribution is -0.116. The van der Waals surface area contributed by atoms with Crippen molar-refractivity contribution in [2.24, 2.45) is 0 Å². The van der Waals surface area contributed by atoms with Gasteiger partial charge in [0.2, 0.25) is 5.91 Å². The van der Waals surface area contributed by atoms with Crippen LogP contribution in [0.4, 0.5) is 14.5 Å². The second kappa shape index (κ2) is 7.77. The van der Waals surface area contributed by atoms with Crippen molar-refractivity contribution in [1.82, 2.24) is 9.13 Å². The Kier molecular flexibility index (Phi) is 5.25. The lowest BCUT2D eigenvalue weighted by Gasteiger charge is -2.10. The van der Waals surface area contributed by atoms with E-state index in [0.29, 0.717) is 6.07 Å². The number of anilines is 1. The molecule has 0 saturated carbocycles. The lowest BCUT2D eigenvalue weighted by Crippen LogP contribution is -2.41. The van der Waals surface area contributed by atoms with Gasteiger partial charge < -0.3 is 5.32 Å². The quantitative estimate of drug-likeness (QED) is 0.745. The van der Waals surface area contributed by atoms with Crippen LogP contribution in [-0.2, 0) is 17.9 Å². The molecule has 0 atom stereocenters. The van der Waals surface area contributed by atoms with Crippen LogP contribution in [0.15, 0.2) is 70.4 Å². The number of halogens is 2. The first-order valence-corrected chi connectivity index (χ1v) is 8.02. The van der Waals surface area contributed by atoms with Gasteiger partial charge in [-0.25, -0.2) is 13.6 Å². The van der Waals surface area contributed by atoms with Gasteiger partial charge in [0, 0.05) is 24.0 Å². The molecule has 0 aliphatic carbocycles. The summed E-state index contributed by atoms with van der Waals surface area (Å²) in [6, 6.07) is 12.8. The molecular weight excluding hydrogens is 356 g/mol. The van der Waals surface area contributed by atoms with Gasteiger partial charge in [-0.05, 0) is 17.7 Å². The molecule has 0 radical (unpaired) electrons. The number of hydrogen-bond acceptors (Lipinski definition) is 3. The van der Waals surface area contributed by atoms with E-state index in [-0.39, 0.29) is 12.2 Å². The number of aromatic nitrogens is 2. The van der Waals surface area contributed by atoms with E-state index >= 15 is 0 Å². The fraction of sp³-hybridized carbons (Fsp3) is 0.105. The largest absolute Gasteiger partial charge is 0.331 e. The number of carbonyl (C=O) groups excluding carboxylic acids is 1. The molecule has 0 aliphatic heterocycles. The minimum atomic E-state index is -0.854. The van der Waals surface area contributed by atoms with E-state index in [1.54, 1.807) is 0 Å². The summed E-state index contributed by atoms with van der Waals surface area (Å²) in [4.78, 5) is 36.6. The molecule has 0 spiro atoms. The molecule has 0 saturated heterocycles. The van der Waals surface area contributed by atoms with Gasteiger partial charge in [0.05, 0.1) is 6.54 Å². The fourth-order valence-electron chi connectivity index (χ4n) is 2.57. The van der Waals surface area contributed by atoms with E-state index in [1.807, 2.05) is 30.3 Å². The van der Waals surface area contributed by atoms with Crippen molar-refractivity contribution in [2.75, 3.05) is 5.32 Å². The van der Waals surface area contributed by atoms with E-state index in [4.69, 9.17) is 0 Å². The molecule has 1 heterocycles. The number of amides is 1. The Hall–Kier alpha value is -3.55. The van der Waals surface area contributed by atoms with E-state index in [9.17, 15) is 23.2 Å². The topological polar surface area (TPSA) is 73.1 Å². The van der Waals surface area contributed by atoms with Gasteiger partial charge in [-0.1, -0.05) is 30.3 Å². The minimum absolute atomic E-state index is 0.105. The van der Waals surface area contributed by atoms with Crippen molar-refractivity contribution in [3.63, 3.8) is 0 Å². The van der Waals surface area contributed by atoms with E-state index in [0.717, 1.165) is 22.3 Å².